The Hall–Kier alpha value is -3.53. The molecule has 0 spiro atoms. The minimum absolute atomic E-state index is 1.08. The smallest absolute Gasteiger partial charge is 0.281 e. The van der Waals surface area contributed by atoms with E-state index in [-0.39, 0.29) is 0 Å². The molecule has 0 heterocycles. The molecule has 3 aromatic carbocycles. The molecule has 0 atom stereocenters. The standard InChI is InChI=1S/C27H33N4/c1-28(2)23-13-17-25(18-14-23)31(26-19-15-24(16-20-26)29(3)4)27(30(5)6)21-12-22-10-8-7-9-11-22/h7-21H,1-6H3/q+1. The predicted molar refractivity (Wildman–Crippen MR) is 137 cm³/mol. The molecule has 0 aliphatic heterocycles. The number of hydrogen-bond donors (Lipinski definition) is 0. The Morgan fingerprint density at radius 3 is 1.45 bits per heavy atom. The van der Waals surface area contributed by atoms with E-state index >= 15 is 0 Å². The first-order valence-electron chi connectivity index (χ1n) is 10.5. The fourth-order valence-electron chi connectivity index (χ4n) is 3.37. The second-order valence-corrected chi connectivity index (χ2v) is 8.15. The minimum atomic E-state index is 1.08. The molecular formula is C27H33N4+. The van der Waals surface area contributed by atoms with Crippen LogP contribution < -0.4 is 14.4 Å². The summed E-state index contributed by atoms with van der Waals surface area (Å²) in [4.78, 5) is 6.39. The Labute approximate surface area is 187 Å². The van der Waals surface area contributed by atoms with Crippen LogP contribution in [-0.2, 0) is 0 Å². The molecule has 0 saturated carbocycles. The van der Waals surface area contributed by atoms with Gasteiger partial charge in [-0.2, -0.15) is 4.58 Å². The topological polar surface area (TPSA) is 12.7 Å². The van der Waals surface area contributed by atoms with Gasteiger partial charge in [0.2, 0.25) is 0 Å². The molecule has 160 valence electrons. The highest BCUT2D eigenvalue weighted by molar-refractivity contribution is 6.00. The quantitative estimate of drug-likeness (QED) is 0.308. The van der Waals surface area contributed by atoms with E-state index in [1.807, 2.05) is 6.07 Å². The van der Waals surface area contributed by atoms with Gasteiger partial charge in [-0.25, -0.2) is 0 Å². The lowest BCUT2D eigenvalue weighted by Crippen LogP contribution is -2.29. The highest BCUT2D eigenvalue weighted by Crippen LogP contribution is 2.26. The summed E-state index contributed by atoms with van der Waals surface area (Å²) in [5.41, 5.74) is 5.76. The maximum atomic E-state index is 2.29. The molecule has 0 aliphatic rings. The summed E-state index contributed by atoms with van der Waals surface area (Å²) < 4.78 is 2.29. The molecular weight excluding hydrogens is 380 g/mol. The first kappa shape index (κ1) is 22.2. The van der Waals surface area contributed by atoms with Crippen molar-refractivity contribution in [2.45, 2.75) is 0 Å². The van der Waals surface area contributed by atoms with Crippen LogP contribution in [-0.4, -0.2) is 53.0 Å². The summed E-state index contributed by atoms with van der Waals surface area (Å²) in [5.74, 6) is 1.08. The molecule has 0 aliphatic carbocycles. The number of likely N-dealkylation sites (N-methyl/N-ethyl adjacent to an activating group) is 1. The Morgan fingerprint density at radius 1 is 0.613 bits per heavy atom. The first-order chi connectivity index (χ1) is 14.9. The Kier molecular flexibility index (Phi) is 7.14. The molecule has 4 heteroatoms. The second kappa shape index (κ2) is 9.98. The van der Waals surface area contributed by atoms with Gasteiger partial charge in [-0.05, 0) is 60.2 Å². The Morgan fingerprint density at radius 2 is 1.06 bits per heavy atom. The fourth-order valence-corrected chi connectivity index (χ4v) is 3.37. The largest absolute Gasteiger partial charge is 0.378 e. The first-order valence-corrected chi connectivity index (χ1v) is 10.5. The summed E-state index contributed by atoms with van der Waals surface area (Å²) in [6.45, 7) is 0. The van der Waals surface area contributed by atoms with Crippen LogP contribution in [0.4, 0.5) is 22.7 Å². The summed E-state index contributed by atoms with van der Waals surface area (Å²) in [7, 11) is 12.4. The molecule has 3 aromatic rings. The van der Waals surface area contributed by atoms with Gasteiger partial charge >= 0.3 is 0 Å². The van der Waals surface area contributed by atoms with Gasteiger partial charge in [0.05, 0.1) is 14.1 Å². The third-order valence-electron chi connectivity index (χ3n) is 5.16. The third-order valence-corrected chi connectivity index (χ3v) is 5.16. The lowest BCUT2D eigenvalue weighted by atomic mass is 10.2. The van der Waals surface area contributed by atoms with Gasteiger partial charge in [0.25, 0.3) is 5.84 Å². The molecule has 0 bridgehead atoms. The number of rotatable bonds is 6. The highest BCUT2D eigenvalue weighted by atomic mass is 15.2. The lowest BCUT2D eigenvalue weighted by Gasteiger charge is -2.18. The Balaban J connectivity index is 2.17. The minimum Gasteiger partial charge on any atom is -0.378 e. The maximum Gasteiger partial charge on any atom is 0.281 e. The number of hydrogen-bond acceptors (Lipinski definition) is 2. The SMILES string of the molecule is CN(C)C(C=Cc1ccccc1)=[N+](c1ccc(N(C)C)cc1)c1ccc(N(C)C)cc1. The van der Waals surface area contributed by atoms with Crippen LogP contribution in [0.25, 0.3) is 6.08 Å². The van der Waals surface area contributed by atoms with E-state index in [4.69, 9.17) is 0 Å². The van der Waals surface area contributed by atoms with E-state index in [1.165, 1.54) is 16.9 Å². The van der Waals surface area contributed by atoms with Crippen LogP contribution in [0, 0.1) is 0 Å². The van der Waals surface area contributed by atoms with E-state index in [9.17, 15) is 0 Å². The van der Waals surface area contributed by atoms with Gasteiger partial charge in [-0.3, -0.25) is 4.90 Å². The van der Waals surface area contributed by atoms with Crippen molar-refractivity contribution in [2.24, 2.45) is 0 Å². The third kappa shape index (κ3) is 5.54. The maximum absolute atomic E-state index is 2.29. The molecule has 0 unspecified atom stereocenters. The van der Waals surface area contributed by atoms with Crippen LogP contribution in [0.3, 0.4) is 0 Å². The molecule has 31 heavy (non-hydrogen) atoms. The fraction of sp³-hybridized carbons (Fsp3) is 0.222. The average molecular weight is 414 g/mol. The van der Waals surface area contributed by atoms with Gasteiger partial charge < -0.3 is 9.80 Å². The zero-order valence-electron chi connectivity index (χ0n) is 19.4. The van der Waals surface area contributed by atoms with E-state index in [1.54, 1.807) is 0 Å². The van der Waals surface area contributed by atoms with Crippen molar-refractivity contribution < 1.29 is 0 Å². The summed E-state index contributed by atoms with van der Waals surface area (Å²) in [6.07, 6.45) is 4.33. The highest BCUT2D eigenvalue weighted by Gasteiger charge is 2.18. The molecule has 0 N–H and O–H groups in total. The van der Waals surface area contributed by atoms with Crippen molar-refractivity contribution in [2.75, 3.05) is 52.1 Å². The van der Waals surface area contributed by atoms with Crippen LogP contribution in [0.5, 0.6) is 0 Å². The van der Waals surface area contributed by atoms with Crippen LogP contribution in [0.1, 0.15) is 5.56 Å². The summed E-state index contributed by atoms with van der Waals surface area (Å²) in [6, 6.07) is 27.7. The van der Waals surface area contributed by atoms with Gasteiger partial charge in [0.15, 0.2) is 0 Å². The average Bonchev–Trinajstić information content (AvgIpc) is 2.77. The van der Waals surface area contributed by atoms with Crippen molar-refractivity contribution in [3.8, 4) is 0 Å². The van der Waals surface area contributed by atoms with Crippen molar-refractivity contribution in [3.05, 3.63) is 90.5 Å². The van der Waals surface area contributed by atoms with E-state index in [0.29, 0.717) is 0 Å². The van der Waals surface area contributed by atoms with Gasteiger partial charge in [0.1, 0.15) is 11.4 Å². The summed E-state index contributed by atoms with van der Waals surface area (Å²) in [5, 5.41) is 0. The normalized spacial score (nSPS) is 10.8. The number of benzene rings is 3. The van der Waals surface area contributed by atoms with Gasteiger partial charge in [0, 0.05) is 45.6 Å². The molecule has 0 radical (unpaired) electrons. The number of amidine groups is 1. The molecule has 3 rings (SSSR count). The van der Waals surface area contributed by atoms with E-state index in [2.05, 4.69) is 147 Å². The van der Waals surface area contributed by atoms with Gasteiger partial charge in [-0.1, -0.05) is 30.3 Å². The van der Waals surface area contributed by atoms with Crippen molar-refractivity contribution >= 4 is 34.7 Å². The predicted octanol–water partition coefficient (Wildman–Crippen LogP) is 5.33. The number of anilines is 2. The lowest BCUT2D eigenvalue weighted by molar-refractivity contribution is 0.614. The Bertz CT molecular complexity index is 975. The zero-order chi connectivity index (χ0) is 22.4. The monoisotopic (exact) mass is 413 g/mol. The van der Waals surface area contributed by atoms with E-state index < -0.39 is 0 Å². The molecule has 0 saturated heterocycles. The molecule has 0 fully saturated rings. The molecule has 0 aromatic heterocycles. The zero-order valence-corrected chi connectivity index (χ0v) is 19.4. The van der Waals surface area contributed by atoms with Crippen LogP contribution in [0.2, 0.25) is 0 Å². The van der Waals surface area contributed by atoms with Crippen molar-refractivity contribution in [1.29, 1.82) is 0 Å². The van der Waals surface area contributed by atoms with Crippen LogP contribution in [0.15, 0.2) is 84.9 Å². The molecule has 0 amide bonds. The number of nitrogens with zero attached hydrogens (tertiary/aromatic N) is 4. The van der Waals surface area contributed by atoms with E-state index in [0.717, 1.165) is 17.2 Å². The van der Waals surface area contributed by atoms with Gasteiger partial charge in [-0.15, -0.1) is 0 Å². The molecule has 4 nitrogen and oxygen atoms in total. The van der Waals surface area contributed by atoms with Crippen molar-refractivity contribution in [3.63, 3.8) is 0 Å². The summed E-state index contributed by atoms with van der Waals surface area (Å²) >= 11 is 0. The van der Waals surface area contributed by atoms with Crippen LogP contribution >= 0.6 is 0 Å². The second-order valence-electron chi connectivity index (χ2n) is 8.15. The van der Waals surface area contributed by atoms with Crippen molar-refractivity contribution in [1.82, 2.24) is 9.48 Å².